The quantitative estimate of drug-likeness (QED) is 0.864. The number of carbonyl (C=O) groups is 1. The van der Waals surface area contributed by atoms with Crippen molar-refractivity contribution in [3.05, 3.63) is 29.8 Å². The van der Waals surface area contributed by atoms with Gasteiger partial charge in [0.05, 0.1) is 0 Å². The Labute approximate surface area is 119 Å². The Balaban J connectivity index is 1.90. The molecule has 2 rings (SSSR count). The lowest BCUT2D eigenvalue weighted by Crippen LogP contribution is -2.46. The van der Waals surface area contributed by atoms with Crippen LogP contribution in [0, 0.1) is 0 Å². The average molecular weight is 278 g/mol. The van der Waals surface area contributed by atoms with Gasteiger partial charge in [-0.3, -0.25) is 4.79 Å². The van der Waals surface area contributed by atoms with E-state index in [1.54, 1.807) is 0 Å². The number of aryl methyl sites for hydroxylation is 1. The molecule has 3 nitrogen and oxygen atoms in total. The minimum absolute atomic E-state index is 0.180. The van der Waals surface area contributed by atoms with Crippen molar-refractivity contribution in [2.75, 3.05) is 24.6 Å². The molecule has 0 spiro atoms. The Hall–Kier alpha value is -1.16. The number of hydrogen-bond acceptors (Lipinski definition) is 3. The summed E-state index contributed by atoms with van der Waals surface area (Å²) in [6.07, 6.45) is 1.28. The molecule has 1 aliphatic rings. The highest BCUT2D eigenvalue weighted by Gasteiger charge is 2.29. The maximum atomic E-state index is 12.2. The molecule has 0 radical (unpaired) electrons. The predicted octanol–water partition coefficient (Wildman–Crippen LogP) is 2.56. The molecule has 0 aromatic heterocycles. The first kappa shape index (κ1) is 14.3. The number of nitrogens with zero attached hydrogens (tertiary/aromatic N) is 1. The van der Waals surface area contributed by atoms with E-state index in [0.717, 1.165) is 36.5 Å². The molecular formula is C15H22N2OS. The minimum Gasteiger partial charge on any atom is -0.399 e. The number of anilines is 1. The molecule has 0 unspecified atom stereocenters. The van der Waals surface area contributed by atoms with Crippen LogP contribution in [0.5, 0.6) is 0 Å². The first-order chi connectivity index (χ1) is 8.98. The standard InChI is InChI=1S/C15H22N2OS/c1-15(2)11-17(9-10-19-15)14(18)8-7-12-5-3-4-6-13(12)16/h3-6H,7-11,16H2,1-2H3. The lowest BCUT2D eigenvalue weighted by atomic mass is 10.1. The van der Waals surface area contributed by atoms with Crippen LogP contribution < -0.4 is 5.73 Å². The van der Waals surface area contributed by atoms with Gasteiger partial charge in [-0.1, -0.05) is 18.2 Å². The van der Waals surface area contributed by atoms with Gasteiger partial charge in [0.15, 0.2) is 0 Å². The molecule has 1 aliphatic heterocycles. The third-order valence-corrected chi connectivity index (χ3v) is 4.74. The van der Waals surface area contributed by atoms with Crippen molar-refractivity contribution in [2.24, 2.45) is 0 Å². The van der Waals surface area contributed by atoms with Gasteiger partial charge in [-0.2, -0.15) is 11.8 Å². The number of carbonyl (C=O) groups excluding carboxylic acids is 1. The number of amides is 1. The summed E-state index contributed by atoms with van der Waals surface area (Å²) >= 11 is 1.94. The third kappa shape index (κ3) is 3.90. The van der Waals surface area contributed by atoms with E-state index >= 15 is 0 Å². The van der Waals surface area contributed by atoms with E-state index < -0.39 is 0 Å². The molecule has 0 bridgehead atoms. The molecule has 1 saturated heterocycles. The molecule has 19 heavy (non-hydrogen) atoms. The summed E-state index contributed by atoms with van der Waals surface area (Å²) < 4.78 is 0.180. The summed E-state index contributed by atoms with van der Waals surface area (Å²) in [7, 11) is 0. The molecule has 1 heterocycles. The molecule has 104 valence electrons. The van der Waals surface area contributed by atoms with Crippen molar-refractivity contribution in [3.8, 4) is 0 Å². The van der Waals surface area contributed by atoms with Crippen LogP contribution in [0.25, 0.3) is 0 Å². The average Bonchev–Trinajstić information content (AvgIpc) is 2.36. The second-order valence-electron chi connectivity index (χ2n) is 5.62. The van der Waals surface area contributed by atoms with Gasteiger partial charge in [0, 0.05) is 35.7 Å². The lowest BCUT2D eigenvalue weighted by molar-refractivity contribution is -0.131. The third-order valence-electron chi connectivity index (χ3n) is 3.44. The van der Waals surface area contributed by atoms with Crippen LogP contribution in [-0.2, 0) is 11.2 Å². The van der Waals surface area contributed by atoms with E-state index in [-0.39, 0.29) is 10.7 Å². The van der Waals surface area contributed by atoms with Crippen molar-refractivity contribution in [1.82, 2.24) is 4.90 Å². The van der Waals surface area contributed by atoms with Crippen molar-refractivity contribution in [2.45, 2.75) is 31.4 Å². The van der Waals surface area contributed by atoms with Crippen LogP contribution in [0.2, 0.25) is 0 Å². The maximum absolute atomic E-state index is 12.2. The van der Waals surface area contributed by atoms with Crippen molar-refractivity contribution >= 4 is 23.4 Å². The smallest absolute Gasteiger partial charge is 0.222 e. The number of benzene rings is 1. The number of nitrogens with two attached hydrogens (primary N) is 1. The van der Waals surface area contributed by atoms with Crippen LogP contribution in [0.1, 0.15) is 25.8 Å². The number of hydrogen-bond donors (Lipinski definition) is 1. The van der Waals surface area contributed by atoms with Gasteiger partial charge in [-0.15, -0.1) is 0 Å². The van der Waals surface area contributed by atoms with Gasteiger partial charge in [-0.25, -0.2) is 0 Å². The monoisotopic (exact) mass is 278 g/mol. The van der Waals surface area contributed by atoms with E-state index in [1.165, 1.54) is 0 Å². The van der Waals surface area contributed by atoms with Gasteiger partial charge in [0.25, 0.3) is 0 Å². The molecule has 1 amide bonds. The molecule has 0 atom stereocenters. The van der Waals surface area contributed by atoms with Crippen molar-refractivity contribution in [1.29, 1.82) is 0 Å². The highest BCUT2D eigenvalue weighted by atomic mass is 32.2. The minimum atomic E-state index is 0.180. The summed E-state index contributed by atoms with van der Waals surface area (Å²) in [6, 6.07) is 7.78. The largest absolute Gasteiger partial charge is 0.399 e. The number of thioether (sulfide) groups is 1. The Morgan fingerprint density at radius 1 is 1.42 bits per heavy atom. The van der Waals surface area contributed by atoms with Gasteiger partial charge in [-0.05, 0) is 31.9 Å². The fourth-order valence-electron chi connectivity index (χ4n) is 2.39. The molecule has 1 fully saturated rings. The van der Waals surface area contributed by atoms with E-state index in [2.05, 4.69) is 13.8 Å². The van der Waals surface area contributed by atoms with Crippen molar-refractivity contribution < 1.29 is 4.79 Å². The maximum Gasteiger partial charge on any atom is 0.222 e. The normalized spacial score (nSPS) is 18.3. The molecule has 1 aromatic rings. The summed E-state index contributed by atoms with van der Waals surface area (Å²) in [5, 5.41) is 0. The fraction of sp³-hybridized carbons (Fsp3) is 0.533. The fourth-order valence-corrected chi connectivity index (χ4v) is 3.50. The van der Waals surface area contributed by atoms with Gasteiger partial charge >= 0.3 is 0 Å². The Bertz CT molecular complexity index is 459. The zero-order valence-corrected chi connectivity index (χ0v) is 12.5. The van der Waals surface area contributed by atoms with Gasteiger partial charge < -0.3 is 10.6 Å². The van der Waals surface area contributed by atoms with Crippen LogP contribution in [0.4, 0.5) is 5.69 Å². The number of rotatable bonds is 3. The second kappa shape index (κ2) is 5.87. The zero-order chi connectivity index (χ0) is 13.9. The highest BCUT2D eigenvalue weighted by Crippen LogP contribution is 2.29. The summed E-state index contributed by atoms with van der Waals surface area (Å²) in [6.45, 7) is 6.12. The lowest BCUT2D eigenvalue weighted by Gasteiger charge is -2.37. The Morgan fingerprint density at radius 3 is 2.84 bits per heavy atom. The SMILES string of the molecule is CC1(C)CN(C(=O)CCc2ccccc2N)CCS1. The summed E-state index contributed by atoms with van der Waals surface area (Å²) in [5.74, 6) is 1.28. The number of nitrogen functional groups attached to an aromatic ring is 1. The first-order valence-corrected chi connectivity index (χ1v) is 7.72. The highest BCUT2D eigenvalue weighted by molar-refractivity contribution is 8.00. The Kier molecular flexibility index (Phi) is 4.40. The number of para-hydroxylation sites is 1. The predicted molar refractivity (Wildman–Crippen MR) is 82.3 cm³/mol. The first-order valence-electron chi connectivity index (χ1n) is 6.73. The van der Waals surface area contributed by atoms with E-state index in [4.69, 9.17) is 5.73 Å². The van der Waals surface area contributed by atoms with Crippen LogP contribution in [0.3, 0.4) is 0 Å². The molecule has 1 aromatic carbocycles. The van der Waals surface area contributed by atoms with E-state index in [0.29, 0.717) is 6.42 Å². The summed E-state index contributed by atoms with van der Waals surface area (Å²) in [4.78, 5) is 14.2. The zero-order valence-electron chi connectivity index (χ0n) is 11.7. The topological polar surface area (TPSA) is 46.3 Å². The molecule has 0 saturated carbocycles. The second-order valence-corrected chi connectivity index (χ2v) is 7.42. The van der Waals surface area contributed by atoms with Crippen LogP contribution in [-0.4, -0.2) is 34.4 Å². The van der Waals surface area contributed by atoms with Crippen LogP contribution >= 0.6 is 11.8 Å². The van der Waals surface area contributed by atoms with Crippen LogP contribution in [0.15, 0.2) is 24.3 Å². The van der Waals surface area contributed by atoms with Gasteiger partial charge in [0.2, 0.25) is 5.91 Å². The molecule has 2 N–H and O–H groups in total. The van der Waals surface area contributed by atoms with E-state index in [1.807, 2.05) is 40.9 Å². The van der Waals surface area contributed by atoms with Crippen molar-refractivity contribution in [3.63, 3.8) is 0 Å². The molecular weight excluding hydrogens is 256 g/mol. The molecule has 0 aliphatic carbocycles. The van der Waals surface area contributed by atoms with Gasteiger partial charge in [0.1, 0.15) is 0 Å². The molecule has 4 heteroatoms. The Morgan fingerprint density at radius 2 is 2.16 bits per heavy atom. The summed E-state index contributed by atoms with van der Waals surface area (Å²) in [5.41, 5.74) is 7.75. The van der Waals surface area contributed by atoms with E-state index in [9.17, 15) is 4.79 Å².